The van der Waals surface area contributed by atoms with Crippen LogP contribution < -0.4 is 5.73 Å². The fourth-order valence-corrected chi connectivity index (χ4v) is 3.20. The fourth-order valence-electron chi connectivity index (χ4n) is 2.77. The number of hydrogen-bond donors (Lipinski definition) is 1. The molecule has 0 saturated carbocycles. The number of nitrogens with two attached hydrogens (primary N) is 1. The van der Waals surface area contributed by atoms with Crippen LogP contribution in [0.25, 0.3) is 0 Å². The van der Waals surface area contributed by atoms with E-state index in [0.29, 0.717) is 12.6 Å². The van der Waals surface area contributed by atoms with Crippen molar-refractivity contribution in [3.05, 3.63) is 33.3 Å². The van der Waals surface area contributed by atoms with Gasteiger partial charge in [0.25, 0.3) is 0 Å². The molecule has 0 aromatic heterocycles. The van der Waals surface area contributed by atoms with Gasteiger partial charge in [0.05, 0.1) is 5.02 Å². The highest BCUT2D eigenvalue weighted by atomic mass is 79.9. The summed E-state index contributed by atoms with van der Waals surface area (Å²) in [6.45, 7) is 4.07. The first-order chi connectivity index (χ1) is 8.63. The molecule has 0 amide bonds. The molecule has 2 N–H and O–H groups in total. The SMILES string of the molecule is CC1CCCCN1C(CN)c1ccc(Br)c(Cl)c1. The zero-order chi connectivity index (χ0) is 13.1. The Morgan fingerprint density at radius 2 is 2.28 bits per heavy atom. The van der Waals surface area contributed by atoms with Gasteiger partial charge in [-0.2, -0.15) is 0 Å². The van der Waals surface area contributed by atoms with Crippen molar-refractivity contribution in [2.75, 3.05) is 13.1 Å². The molecular formula is C14H20BrClN2. The molecule has 2 unspecified atom stereocenters. The van der Waals surface area contributed by atoms with Crippen LogP contribution in [0.2, 0.25) is 5.02 Å². The van der Waals surface area contributed by atoms with Crippen LogP contribution in [0, 0.1) is 0 Å². The van der Waals surface area contributed by atoms with Crippen molar-refractivity contribution in [1.82, 2.24) is 4.90 Å². The fraction of sp³-hybridized carbons (Fsp3) is 0.571. The number of halogens is 2. The molecule has 2 atom stereocenters. The zero-order valence-electron chi connectivity index (χ0n) is 10.7. The van der Waals surface area contributed by atoms with E-state index < -0.39 is 0 Å². The second-order valence-corrected chi connectivity index (χ2v) is 6.27. The van der Waals surface area contributed by atoms with Gasteiger partial charge in [-0.3, -0.25) is 4.90 Å². The maximum absolute atomic E-state index is 6.18. The molecule has 1 aliphatic heterocycles. The zero-order valence-corrected chi connectivity index (χ0v) is 13.0. The van der Waals surface area contributed by atoms with Gasteiger partial charge in [0.15, 0.2) is 0 Å². The van der Waals surface area contributed by atoms with Gasteiger partial charge in [0.2, 0.25) is 0 Å². The Hall–Kier alpha value is -0.0900. The van der Waals surface area contributed by atoms with Crippen LogP contribution in [0.4, 0.5) is 0 Å². The summed E-state index contributed by atoms with van der Waals surface area (Å²) in [5.74, 6) is 0. The van der Waals surface area contributed by atoms with E-state index in [1.165, 1.54) is 24.8 Å². The van der Waals surface area contributed by atoms with Crippen molar-refractivity contribution in [1.29, 1.82) is 0 Å². The van der Waals surface area contributed by atoms with Gasteiger partial charge in [-0.05, 0) is 59.9 Å². The Kier molecular flexibility index (Phi) is 5.07. The minimum Gasteiger partial charge on any atom is -0.329 e. The molecular weight excluding hydrogens is 312 g/mol. The van der Waals surface area contributed by atoms with Crippen molar-refractivity contribution in [2.45, 2.75) is 38.3 Å². The minimum absolute atomic E-state index is 0.283. The van der Waals surface area contributed by atoms with Gasteiger partial charge in [-0.25, -0.2) is 0 Å². The van der Waals surface area contributed by atoms with Gasteiger partial charge in [-0.1, -0.05) is 24.1 Å². The van der Waals surface area contributed by atoms with Crippen LogP contribution in [0.1, 0.15) is 37.8 Å². The first-order valence-electron chi connectivity index (χ1n) is 6.54. The van der Waals surface area contributed by atoms with E-state index in [2.05, 4.69) is 33.8 Å². The summed E-state index contributed by atoms with van der Waals surface area (Å²) in [4.78, 5) is 2.52. The van der Waals surface area contributed by atoms with E-state index in [-0.39, 0.29) is 6.04 Å². The first-order valence-corrected chi connectivity index (χ1v) is 7.71. The molecule has 0 spiro atoms. The van der Waals surface area contributed by atoms with Crippen LogP contribution in [0.15, 0.2) is 22.7 Å². The van der Waals surface area contributed by atoms with Crippen LogP contribution in [0.5, 0.6) is 0 Å². The maximum Gasteiger partial charge on any atom is 0.0551 e. The average Bonchev–Trinajstić information content (AvgIpc) is 2.37. The van der Waals surface area contributed by atoms with Crippen molar-refractivity contribution < 1.29 is 0 Å². The van der Waals surface area contributed by atoms with Crippen molar-refractivity contribution in [3.8, 4) is 0 Å². The van der Waals surface area contributed by atoms with Gasteiger partial charge in [-0.15, -0.1) is 0 Å². The third kappa shape index (κ3) is 3.08. The molecule has 0 bridgehead atoms. The maximum atomic E-state index is 6.18. The van der Waals surface area contributed by atoms with Crippen LogP contribution in [0.3, 0.4) is 0 Å². The number of nitrogens with zero attached hydrogens (tertiary/aromatic N) is 1. The summed E-state index contributed by atoms with van der Waals surface area (Å²) in [7, 11) is 0. The highest BCUT2D eigenvalue weighted by molar-refractivity contribution is 9.10. The number of rotatable bonds is 3. The summed E-state index contributed by atoms with van der Waals surface area (Å²) in [5, 5.41) is 0.760. The standard InChI is InChI=1S/C14H20BrClN2/c1-10-4-2-3-7-18(10)14(9-17)11-5-6-12(15)13(16)8-11/h5-6,8,10,14H,2-4,7,9,17H2,1H3. The lowest BCUT2D eigenvalue weighted by Gasteiger charge is -2.39. The highest BCUT2D eigenvalue weighted by Crippen LogP contribution is 2.31. The van der Waals surface area contributed by atoms with Gasteiger partial charge in [0.1, 0.15) is 0 Å². The number of likely N-dealkylation sites (tertiary alicyclic amines) is 1. The molecule has 1 aromatic carbocycles. The van der Waals surface area contributed by atoms with Crippen molar-refractivity contribution in [3.63, 3.8) is 0 Å². The van der Waals surface area contributed by atoms with Crippen LogP contribution >= 0.6 is 27.5 Å². The quantitative estimate of drug-likeness (QED) is 0.908. The molecule has 18 heavy (non-hydrogen) atoms. The molecule has 2 nitrogen and oxygen atoms in total. The van der Waals surface area contributed by atoms with E-state index in [4.69, 9.17) is 17.3 Å². The second-order valence-electron chi connectivity index (χ2n) is 5.01. The predicted molar refractivity (Wildman–Crippen MR) is 81.0 cm³/mol. The Bertz CT molecular complexity index is 411. The highest BCUT2D eigenvalue weighted by Gasteiger charge is 2.26. The molecule has 1 saturated heterocycles. The van der Waals surface area contributed by atoms with Gasteiger partial charge >= 0.3 is 0 Å². The lowest BCUT2D eigenvalue weighted by Crippen LogP contribution is -2.43. The van der Waals surface area contributed by atoms with Gasteiger partial charge < -0.3 is 5.73 Å². The number of piperidine rings is 1. The predicted octanol–water partition coefficient (Wildman–Crippen LogP) is 3.98. The summed E-state index contributed by atoms with van der Waals surface area (Å²) >= 11 is 9.62. The Morgan fingerprint density at radius 1 is 1.50 bits per heavy atom. The average molecular weight is 332 g/mol. The first kappa shape index (κ1) is 14.3. The largest absolute Gasteiger partial charge is 0.329 e. The van der Waals surface area contributed by atoms with Crippen LogP contribution in [-0.2, 0) is 0 Å². The Morgan fingerprint density at radius 3 is 2.89 bits per heavy atom. The number of hydrogen-bond acceptors (Lipinski definition) is 2. The van der Waals surface area contributed by atoms with Crippen molar-refractivity contribution >= 4 is 27.5 Å². The summed E-state index contributed by atoms with van der Waals surface area (Å²) in [5.41, 5.74) is 7.21. The molecule has 1 fully saturated rings. The molecule has 2 rings (SSSR count). The molecule has 0 aliphatic carbocycles. The Labute approximate surface area is 123 Å². The van der Waals surface area contributed by atoms with E-state index in [9.17, 15) is 0 Å². The number of benzene rings is 1. The molecule has 100 valence electrons. The molecule has 1 aliphatic rings. The summed E-state index contributed by atoms with van der Waals surface area (Å²) in [6.07, 6.45) is 3.86. The van der Waals surface area contributed by atoms with E-state index in [1.54, 1.807) is 0 Å². The summed E-state index contributed by atoms with van der Waals surface area (Å²) < 4.78 is 0.940. The van der Waals surface area contributed by atoms with Crippen molar-refractivity contribution in [2.24, 2.45) is 5.73 Å². The minimum atomic E-state index is 0.283. The molecule has 1 aromatic rings. The monoisotopic (exact) mass is 330 g/mol. The molecule has 1 heterocycles. The normalized spacial score (nSPS) is 23.0. The van der Waals surface area contributed by atoms with Crippen LogP contribution in [-0.4, -0.2) is 24.0 Å². The molecule has 4 heteroatoms. The lowest BCUT2D eigenvalue weighted by molar-refractivity contribution is 0.109. The van der Waals surface area contributed by atoms with E-state index in [0.717, 1.165) is 16.0 Å². The third-order valence-corrected chi connectivity index (χ3v) is 5.04. The van der Waals surface area contributed by atoms with E-state index in [1.807, 2.05) is 12.1 Å². The Balaban J connectivity index is 2.23. The third-order valence-electron chi connectivity index (χ3n) is 3.81. The lowest BCUT2D eigenvalue weighted by atomic mass is 9.97. The second kappa shape index (κ2) is 6.38. The van der Waals surface area contributed by atoms with Gasteiger partial charge in [0, 0.05) is 23.1 Å². The van der Waals surface area contributed by atoms with E-state index >= 15 is 0 Å². The summed E-state index contributed by atoms with van der Waals surface area (Å²) in [6, 6.07) is 7.05. The topological polar surface area (TPSA) is 29.3 Å². The smallest absolute Gasteiger partial charge is 0.0551 e. The molecule has 0 radical (unpaired) electrons.